The fourth-order valence-electron chi connectivity index (χ4n) is 2.63. The molecule has 0 unspecified atom stereocenters. The highest BCUT2D eigenvalue weighted by Crippen LogP contribution is 2.33. The Morgan fingerprint density at radius 3 is 2.48 bits per heavy atom. The summed E-state index contributed by atoms with van der Waals surface area (Å²) in [7, 11) is 0. The Balaban J connectivity index is 2.62. The number of halogens is 1. The van der Waals surface area contributed by atoms with Crippen LogP contribution >= 0.6 is 15.9 Å². The zero-order chi connectivity index (χ0) is 15.8. The molecule has 0 bridgehead atoms. The van der Waals surface area contributed by atoms with Gasteiger partial charge in [-0.3, -0.25) is 0 Å². The number of aryl methyl sites for hydroxylation is 2. The van der Waals surface area contributed by atoms with E-state index in [0.717, 1.165) is 40.2 Å². The van der Waals surface area contributed by atoms with Crippen LogP contribution < -0.4 is 5.73 Å². The van der Waals surface area contributed by atoms with Crippen LogP contribution in [-0.2, 0) is 12.0 Å². The predicted octanol–water partition coefficient (Wildman–Crippen LogP) is 4.91. The van der Waals surface area contributed by atoms with Crippen LogP contribution in [0.25, 0.3) is 11.3 Å². The molecule has 0 saturated heterocycles. The number of nitrogen functional groups attached to an aromatic ring is 1. The first kappa shape index (κ1) is 16.1. The van der Waals surface area contributed by atoms with Gasteiger partial charge in [0, 0.05) is 22.0 Å². The Hall–Kier alpha value is -1.29. The lowest BCUT2D eigenvalue weighted by atomic mass is 10.1. The summed E-state index contributed by atoms with van der Waals surface area (Å²) in [6.45, 7) is 10.8. The van der Waals surface area contributed by atoms with E-state index in [0.29, 0.717) is 0 Å². The number of nitrogens with two attached hydrogens (primary N) is 1. The van der Waals surface area contributed by atoms with E-state index in [4.69, 9.17) is 10.7 Å². The average molecular weight is 350 g/mol. The lowest BCUT2D eigenvalue weighted by Crippen LogP contribution is -2.25. The lowest BCUT2D eigenvalue weighted by Gasteiger charge is -2.25. The van der Waals surface area contributed by atoms with Crippen LogP contribution in [-0.4, -0.2) is 9.55 Å². The molecular weight excluding hydrogens is 326 g/mol. The van der Waals surface area contributed by atoms with E-state index in [1.807, 2.05) is 0 Å². The maximum Gasteiger partial charge on any atom is 0.132 e. The van der Waals surface area contributed by atoms with Crippen molar-refractivity contribution in [1.82, 2.24) is 9.55 Å². The van der Waals surface area contributed by atoms with E-state index in [1.54, 1.807) is 0 Å². The summed E-state index contributed by atoms with van der Waals surface area (Å²) in [6, 6.07) is 6.25. The second-order valence-electron chi connectivity index (χ2n) is 6.48. The van der Waals surface area contributed by atoms with Crippen molar-refractivity contribution in [2.45, 2.75) is 53.0 Å². The van der Waals surface area contributed by atoms with Gasteiger partial charge in [0.15, 0.2) is 0 Å². The van der Waals surface area contributed by atoms with Gasteiger partial charge in [0.2, 0.25) is 0 Å². The van der Waals surface area contributed by atoms with Crippen LogP contribution in [0.2, 0.25) is 0 Å². The number of nitrogens with zero attached hydrogens (tertiary/aromatic N) is 2. The first-order valence-corrected chi connectivity index (χ1v) is 8.19. The predicted molar refractivity (Wildman–Crippen MR) is 93.5 cm³/mol. The summed E-state index contributed by atoms with van der Waals surface area (Å²) in [6.07, 6.45) is 2.00. The van der Waals surface area contributed by atoms with Crippen LogP contribution in [0.4, 0.5) is 5.82 Å². The van der Waals surface area contributed by atoms with Crippen molar-refractivity contribution < 1.29 is 0 Å². The van der Waals surface area contributed by atoms with Gasteiger partial charge < -0.3 is 10.3 Å². The van der Waals surface area contributed by atoms with E-state index < -0.39 is 0 Å². The maximum absolute atomic E-state index is 6.43. The number of anilines is 1. The standard InChI is InChI=1S/C17H24BrN3/c1-6-7-14-20-15(16(19)21(14)17(3,4)5)12-8-9-13(18)11(2)10-12/h8-10H,6-7,19H2,1-5H3. The Morgan fingerprint density at radius 2 is 1.95 bits per heavy atom. The number of aromatic nitrogens is 2. The van der Waals surface area contributed by atoms with Crippen LogP contribution in [0.15, 0.2) is 22.7 Å². The zero-order valence-corrected chi connectivity index (χ0v) is 15.1. The molecule has 1 aromatic carbocycles. The molecule has 0 saturated carbocycles. The second kappa shape index (κ2) is 5.84. The number of rotatable bonds is 3. The maximum atomic E-state index is 6.43. The minimum atomic E-state index is -0.0652. The van der Waals surface area contributed by atoms with E-state index >= 15 is 0 Å². The van der Waals surface area contributed by atoms with Crippen molar-refractivity contribution in [2.24, 2.45) is 0 Å². The van der Waals surface area contributed by atoms with Crippen molar-refractivity contribution in [3.05, 3.63) is 34.1 Å². The third-order valence-electron chi connectivity index (χ3n) is 3.56. The molecule has 0 amide bonds. The van der Waals surface area contributed by atoms with Gasteiger partial charge in [0.05, 0.1) is 0 Å². The summed E-state index contributed by atoms with van der Waals surface area (Å²) >= 11 is 3.54. The SMILES string of the molecule is CCCc1nc(-c2ccc(Br)c(C)c2)c(N)n1C(C)(C)C. The van der Waals surface area contributed by atoms with Crippen molar-refractivity contribution in [1.29, 1.82) is 0 Å². The molecule has 3 nitrogen and oxygen atoms in total. The first-order chi connectivity index (χ1) is 9.75. The summed E-state index contributed by atoms with van der Waals surface area (Å²) < 4.78 is 3.28. The average Bonchev–Trinajstić information content (AvgIpc) is 2.70. The van der Waals surface area contributed by atoms with Crippen molar-refractivity contribution >= 4 is 21.7 Å². The highest BCUT2D eigenvalue weighted by Gasteiger charge is 2.24. The molecule has 0 atom stereocenters. The third-order valence-corrected chi connectivity index (χ3v) is 4.45. The summed E-state index contributed by atoms with van der Waals surface area (Å²) in [5.41, 5.74) is 9.52. The Kier molecular flexibility index (Phi) is 4.47. The molecule has 4 heteroatoms. The highest BCUT2D eigenvalue weighted by atomic mass is 79.9. The molecule has 0 aliphatic heterocycles. The number of hydrogen-bond donors (Lipinski definition) is 1. The third kappa shape index (κ3) is 3.15. The first-order valence-electron chi connectivity index (χ1n) is 7.39. The van der Waals surface area contributed by atoms with Gasteiger partial charge in [-0.15, -0.1) is 0 Å². The Bertz CT molecular complexity index is 651. The van der Waals surface area contributed by atoms with Crippen LogP contribution in [0.5, 0.6) is 0 Å². The quantitative estimate of drug-likeness (QED) is 0.855. The van der Waals surface area contributed by atoms with Crippen LogP contribution in [0.3, 0.4) is 0 Å². The fraction of sp³-hybridized carbons (Fsp3) is 0.471. The van der Waals surface area contributed by atoms with Gasteiger partial charge in [-0.2, -0.15) is 0 Å². The monoisotopic (exact) mass is 349 g/mol. The van der Waals surface area contributed by atoms with Crippen LogP contribution in [0.1, 0.15) is 45.5 Å². The van der Waals surface area contributed by atoms with Gasteiger partial charge in [0.1, 0.15) is 17.3 Å². The molecule has 1 aromatic heterocycles. The number of benzene rings is 1. The van der Waals surface area contributed by atoms with E-state index in [2.05, 4.69) is 73.3 Å². The summed E-state index contributed by atoms with van der Waals surface area (Å²) in [5.74, 6) is 1.82. The normalized spacial score (nSPS) is 11.9. The molecule has 0 radical (unpaired) electrons. The number of hydrogen-bond acceptors (Lipinski definition) is 2. The molecule has 2 aromatic rings. The minimum Gasteiger partial charge on any atom is -0.383 e. The van der Waals surface area contributed by atoms with Gasteiger partial charge in [0.25, 0.3) is 0 Å². The molecule has 2 N–H and O–H groups in total. The lowest BCUT2D eigenvalue weighted by molar-refractivity contribution is 0.387. The Morgan fingerprint density at radius 1 is 1.29 bits per heavy atom. The Labute approximate surface area is 135 Å². The minimum absolute atomic E-state index is 0.0652. The topological polar surface area (TPSA) is 43.8 Å². The van der Waals surface area contributed by atoms with Crippen LogP contribution in [0, 0.1) is 6.92 Å². The molecule has 0 aliphatic carbocycles. The van der Waals surface area contributed by atoms with Crippen molar-refractivity contribution in [3.8, 4) is 11.3 Å². The molecule has 1 heterocycles. The van der Waals surface area contributed by atoms with Crippen molar-refractivity contribution in [3.63, 3.8) is 0 Å². The second-order valence-corrected chi connectivity index (χ2v) is 7.34. The van der Waals surface area contributed by atoms with E-state index in [1.165, 1.54) is 5.56 Å². The molecule has 2 rings (SSSR count). The summed E-state index contributed by atoms with van der Waals surface area (Å²) in [5, 5.41) is 0. The van der Waals surface area contributed by atoms with E-state index in [9.17, 15) is 0 Å². The molecule has 114 valence electrons. The molecule has 0 fully saturated rings. The summed E-state index contributed by atoms with van der Waals surface area (Å²) in [4.78, 5) is 4.83. The number of imidazole rings is 1. The van der Waals surface area contributed by atoms with E-state index in [-0.39, 0.29) is 5.54 Å². The molecule has 21 heavy (non-hydrogen) atoms. The van der Waals surface area contributed by atoms with Crippen molar-refractivity contribution in [2.75, 3.05) is 5.73 Å². The van der Waals surface area contributed by atoms with Gasteiger partial charge in [-0.1, -0.05) is 28.9 Å². The fourth-order valence-corrected chi connectivity index (χ4v) is 2.87. The van der Waals surface area contributed by atoms with Gasteiger partial charge in [-0.05, 0) is 51.8 Å². The van der Waals surface area contributed by atoms with Gasteiger partial charge >= 0.3 is 0 Å². The zero-order valence-electron chi connectivity index (χ0n) is 13.5. The smallest absolute Gasteiger partial charge is 0.132 e. The molecule has 0 spiro atoms. The van der Waals surface area contributed by atoms with Gasteiger partial charge in [-0.25, -0.2) is 4.98 Å². The highest BCUT2D eigenvalue weighted by molar-refractivity contribution is 9.10. The molecule has 0 aliphatic rings. The molecular formula is C17H24BrN3. The largest absolute Gasteiger partial charge is 0.383 e.